The first kappa shape index (κ1) is 12.2. The van der Waals surface area contributed by atoms with Crippen LogP contribution in [0.25, 0.3) is 0 Å². The van der Waals surface area contributed by atoms with Crippen LogP contribution in [-0.4, -0.2) is 47.2 Å². The summed E-state index contributed by atoms with van der Waals surface area (Å²) in [7, 11) is 0. The van der Waals surface area contributed by atoms with Crippen LogP contribution in [0.2, 0.25) is 0 Å². The molecule has 2 aliphatic rings. The first-order valence-corrected chi connectivity index (χ1v) is 7.32. The molecule has 3 heterocycles. The van der Waals surface area contributed by atoms with Crippen LogP contribution in [-0.2, 0) is 0 Å². The van der Waals surface area contributed by atoms with E-state index in [1.54, 1.807) is 0 Å². The van der Waals surface area contributed by atoms with Gasteiger partial charge in [0.25, 0.3) is 0 Å². The summed E-state index contributed by atoms with van der Waals surface area (Å²) in [6, 6.07) is 0.678. The van der Waals surface area contributed by atoms with E-state index in [1.165, 1.54) is 58.4 Å². The molecule has 100 valence electrons. The lowest BCUT2D eigenvalue weighted by Crippen LogP contribution is -2.40. The molecule has 18 heavy (non-hydrogen) atoms. The highest BCUT2D eigenvalue weighted by Gasteiger charge is 2.23. The van der Waals surface area contributed by atoms with Gasteiger partial charge in [-0.1, -0.05) is 0 Å². The maximum absolute atomic E-state index is 4.15. The number of piperidine rings is 2. The quantitative estimate of drug-likeness (QED) is 0.880. The predicted octanol–water partition coefficient (Wildman–Crippen LogP) is 1.52. The largest absolute Gasteiger partial charge is 0.334 e. The van der Waals surface area contributed by atoms with Gasteiger partial charge in [0, 0.05) is 38.1 Å². The first-order valence-electron chi connectivity index (χ1n) is 7.32. The molecule has 0 unspecified atom stereocenters. The summed E-state index contributed by atoms with van der Waals surface area (Å²) >= 11 is 0. The van der Waals surface area contributed by atoms with Crippen molar-refractivity contribution in [2.75, 3.05) is 32.7 Å². The van der Waals surface area contributed by atoms with Crippen molar-refractivity contribution in [3.63, 3.8) is 0 Å². The molecule has 2 aliphatic heterocycles. The second-order valence-electron chi connectivity index (χ2n) is 5.74. The zero-order valence-electron chi connectivity index (χ0n) is 11.1. The molecule has 0 aliphatic carbocycles. The summed E-state index contributed by atoms with van der Waals surface area (Å²) in [5.74, 6) is 0.927. The Balaban J connectivity index is 1.45. The molecule has 0 atom stereocenters. The summed E-state index contributed by atoms with van der Waals surface area (Å²) in [5, 5.41) is 3.45. The molecule has 1 aromatic rings. The van der Waals surface area contributed by atoms with Gasteiger partial charge in [0.2, 0.25) is 0 Å². The van der Waals surface area contributed by atoms with Gasteiger partial charge in [-0.3, -0.25) is 0 Å². The van der Waals surface area contributed by atoms with Crippen LogP contribution in [0.3, 0.4) is 0 Å². The van der Waals surface area contributed by atoms with E-state index in [9.17, 15) is 0 Å². The molecule has 0 amide bonds. The van der Waals surface area contributed by atoms with Gasteiger partial charge in [-0.05, 0) is 44.7 Å². The predicted molar refractivity (Wildman–Crippen MR) is 72.5 cm³/mol. The number of rotatable bonds is 3. The molecule has 4 heteroatoms. The number of nitrogens with zero attached hydrogens (tertiary/aromatic N) is 3. The van der Waals surface area contributed by atoms with Crippen molar-refractivity contribution in [1.82, 2.24) is 19.8 Å². The number of hydrogen-bond donors (Lipinski definition) is 1. The molecule has 2 fully saturated rings. The lowest BCUT2D eigenvalue weighted by atomic mass is 9.96. The monoisotopic (exact) mass is 248 g/mol. The second-order valence-corrected chi connectivity index (χ2v) is 5.74. The number of hydrogen-bond acceptors (Lipinski definition) is 3. The molecular weight excluding hydrogens is 224 g/mol. The molecule has 1 N–H and O–H groups in total. The Morgan fingerprint density at radius 3 is 2.56 bits per heavy atom. The van der Waals surface area contributed by atoms with Gasteiger partial charge in [-0.15, -0.1) is 0 Å². The van der Waals surface area contributed by atoms with Crippen molar-refractivity contribution in [3.05, 3.63) is 18.7 Å². The van der Waals surface area contributed by atoms with Crippen molar-refractivity contribution in [1.29, 1.82) is 0 Å². The van der Waals surface area contributed by atoms with Gasteiger partial charge in [-0.25, -0.2) is 4.98 Å². The van der Waals surface area contributed by atoms with Crippen molar-refractivity contribution in [2.24, 2.45) is 5.92 Å². The zero-order chi connectivity index (χ0) is 12.2. The molecule has 2 saturated heterocycles. The first-order chi connectivity index (χ1) is 8.92. The minimum atomic E-state index is 0.678. The molecular formula is C14H24N4. The number of likely N-dealkylation sites (tertiary alicyclic amines) is 1. The lowest BCUT2D eigenvalue weighted by Gasteiger charge is -2.35. The van der Waals surface area contributed by atoms with E-state index in [-0.39, 0.29) is 0 Å². The highest BCUT2D eigenvalue weighted by atomic mass is 15.2. The lowest BCUT2D eigenvalue weighted by molar-refractivity contribution is 0.150. The normalized spacial score (nSPS) is 24.4. The Morgan fingerprint density at radius 2 is 1.89 bits per heavy atom. The standard InChI is InChI=1S/C14H24N4/c1-5-15-6-2-13(1)11-17-8-3-14(4-9-17)18-10-7-16-12-18/h7,10,12-15H,1-6,8-9,11H2. The highest BCUT2D eigenvalue weighted by molar-refractivity contribution is 4.85. The van der Waals surface area contributed by atoms with E-state index in [4.69, 9.17) is 0 Å². The van der Waals surface area contributed by atoms with Gasteiger partial charge in [0.1, 0.15) is 0 Å². The Bertz CT molecular complexity index is 335. The van der Waals surface area contributed by atoms with Crippen molar-refractivity contribution in [3.8, 4) is 0 Å². The van der Waals surface area contributed by atoms with Gasteiger partial charge < -0.3 is 14.8 Å². The fourth-order valence-electron chi connectivity index (χ4n) is 3.31. The number of imidazole rings is 1. The summed E-state index contributed by atoms with van der Waals surface area (Å²) in [6.07, 6.45) is 11.2. The molecule has 3 rings (SSSR count). The van der Waals surface area contributed by atoms with Crippen LogP contribution >= 0.6 is 0 Å². The minimum absolute atomic E-state index is 0.678. The van der Waals surface area contributed by atoms with E-state index in [0.717, 1.165) is 5.92 Å². The molecule has 0 aromatic carbocycles. The number of aromatic nitrogens is 2. The van der Waals surface area contributed by atoms with Gasteiger partial charge in [-0.2, -0.15) is 0 Å². The zero-order valence-corrected chi connectivity index (χ0v) is 11.1. The van der Waals surface area contributed by atoms with E-state index >= 15 is 0 Å². The molecule has 0 radical (unpaired) electrons. The Labute approximate surface area is 109 Å². The summed E-state index contributed by atoms with van der Waals surface area (Å²) in [5.41, 5.74) is 0. The van der Waals surface area contributed by atoms with Crippen molar-refractivity contribution >= 4 is 0 Å². The fraction of sp³-hybridized carbons (Fsp3) is 0.786. The van der Waals surface area contributed by atoms with E-state index in [2.05, 4.69) is 26.0 Å². The van der Waals surface area contributed by atoms with E-state index < -0.39 is 0 Å². The minimum Gasteiger partial charge on any atom is -0.334 e. The van der Waals surface area contributed by atoms with Crippen LogP contribution in [0, 0.1) is 5.92 Å². The average molecular weight is 248 g/mol. The highest BCUT2D eigenvalue weighted by Crippen LogP contribution is 2.23. The maximum Gasteiger partial charge on any atom is 0.0948 e. The van der Waals surface area contributed by atoms with Gasteiger partial charge in [0.15, 0.2) is 0 Å². The third-order valence-corrected chi connectivity index (χ3v) is 4.48. The molecule has 0 saturated carbocycles. The van der Waals surface area contributed by atoms with Crippen molar-refractivity contribution < 1.29 is 0 Å². The second kappa shape index (κ2) is 5.85. The average Bonchev–Trinajstić information content (AvgIpc) is 2.95. The van der Waals surface area contributed by atoms with E-state index in [0.29, 0.717) is 6.04 Å². The molecule has 4 nitrogen and oxygen atoms in total. The Kier molecular flexibility index (Phi) is 3.96. The van der Waals surface area contributed by atoms with Crippen LogP contribution in [0.5, 0.6) is 0 Å². The van der Waals surface area contributed by atoms with Gasteiger partial charge in [0.05, 0.1) is 6.33 Å². The topological polar surface area (TPSA) is 33.1 Å². The van der Waals surface area contributed by atoms with Crippen LogP contribution in [0.15, 0.2) is 18.7 Å². The molecule has 0 spiro atoms. The van der Waals surface area contributed by atoms with Crippen LogP contribution < -0.4 is 5.32 Å². The van der Waals surface area contributed by atoms with Crippen molar-refractivity contribution in [2.45, 2.75) is 31.7 Å². The molecule has 0 bridgehead atoms. The summed E-state index contributed by atoms with van der Waals surface area (Å²) in [6.45, 7) is 6.27. The summed E-state index contributed by atoms with van der Waals surface area (Å²) < 4.78 is 2.28. The Morgan fingerprint density at radius 1 is 1.11 bits per heavy atom. The number of nitrogens with one attached hydrogen (secondary N) is 1. The summed E-state index contributed by atoms with van der Waals surface area (Å²) in [4.78, 5) is 6.82. The van der Waals surface area contributed by atoms with E-state index in [1.807, 2.05) is 12.5 Å². The smallest absolute Gasteiger partial charge is 0.0948 e. The SMILES string of the molecule is c1cn(C2CCN(CC3CCNCC3)CC2)cn1. The van der Waals surface area contributed by atoms with Crippen LogP contribution in [0.1, 0.15) is 31.7 Å². The fourth-order valence-corrected chi connectivity index (χ4v) is 3.31. The Hall–Kier alpha value is -0.870. The maximum atomic E-state index is 4.15. The van der Waals surface area contributed by atoms with Gasteiger partial charge >= 0.3 is 0 Å². The van der Waals surface area contributed by atoms with Crippen LogP contribution in [0.4, 0.5) is 0 Å². The molecule has 1 aromatic heterocycles. The third-order valence-electron chi connectivity index (χ3n) is 4.48. The third kappa shape index (κ3) is 2.93.